The largest absolute Gasteiger partial charge is 0.314 e. The smallest absolute Gasteiger partial charge is 0.0122 e. The van der Waals surface area contributed by atoms with Gasteiger partial charge in [0.15, 0.2) is 0 Å². The van der Waals surface area contributed by atoms with Gasteiger partial charge in [0, 0.05) is 18.6 Å². The number of rotatable bonds is 6. The molecular weight excluding hydrogens is 196 g/mol. The Balaban J connectivity index is 2.45. The van der Waals surface area contributed by atoms with Crippen molar-refractivity contribution in [3.8, 4) is 0 Å². The highest BCUT2D eigenvalue weighted by molar-refractivity contribution is 4.82. The number of nitrogens with one attached hydrogen (secondary N) is 1. The van der Waals surface area contributed by atoms with Crippen LogP contribution in [0.1, 0.15) is 53.4 Å². The third kappa shape index (κ3) is 4.06. The van der Waals surface area contributed by atoms with Gasteiger partial charge in [-0.3, -0.25) is 0 Å². The summed E-state index contributed by atoms with van der Waals surface area (Å²) in [6.07, 6.45) is 5.31. The average Bonchev–Trinajstić information content (AvgIpc) is 2.31. The summed E-state index contributed by atoms with van der Waals surface area (Å²) in [4.78, 5) is 2.72. The van der Waals surface area contributed by atoms with Gasteiger partial charge < -0.3 is 10.2 Å². The van der Waals surface area contributed by atoms with Crippen molar-refractivity contribution >= 4 is 0 Å². The summed E-state index contributed by atoms with van der Waals surface area (Å²) < 4.78 is 0. The highest BCUT2D eigenvalue weighted by Gasteiger charge is 2.24. The Hall–Kier alpha value is -0.0800. The normalized spacial score (nSPS) is 26.6. The van der Waals surface area contributed by atoms with Crippen LogP contribution in [0, 0.1) is 5.92 Å². The SMILES string of the molecule is CCC(CC)CN(CC)C1CCNC(C)C1. The Labute approximate surface area is 102 Å². The van der Waals surface area contributed by atoms with Crippen LogP contribution in [-0.2, 0) is 0 Å². The molecule has 96 valence electrons. The van der Waals surface area contributed by atoms with Crippen molar-refractivity contribution in [2.45, 2.75) is 65.5 Å². The molecule has 0 bridgehead atoms. The molecule has 2 nitrogen and oxygen atoms in total. The van der Waals surface area contributed by atoms with Gasteiger partial charge in [-0.2, -0.15) is 0 Å². The third-order valence-electron chi connectivity index (χ3n) is 4.17. The fourth-order valence-corrected chi connectivity index (χ4v) is 2.85. The molecule has 0 radical (unpaired) electrons. The highest BCUT2D eigenvalue weighted by atomic mass is 15.2. The molecular formula is C14H30N2. The Morgan fingerprint density at radius 3 is 2.44 bits per heavy atom. The van der Waals surface area contributed by atoms with Crippen LogP contribution >= 0.6 is 0 Å². The lowest BCUT2D eigenvalue weighted by atomic mass is 9.96. The Kier molecular flexibility index (Phi) is 6.37. The first-order chi connectivity index (χ1) is 7.71. The van der Waals surface area contributed by atoms with Gasteiger partial charge in [-0.1, -0.05) is 33.6 Å². The minimum atomic E-state index is 0.703. The van der Waals surface area contributed by atoms with Crippen molar-refractivity contribution in [1.29, 1.82) is 0 Å². The standard InChI is InChI=1S/C14H30N2/c1-5-13(6-2)11-16(7-3)14-8-9-15-12(4)10-14/h12-15H,5-11H2,1-4H3. The molecule has 1 rings (SSSR count). The van der Waals surface area contributed by atoms with Crippen molar-refractivity contribution in [3.63, 3.8) is 0 Å². The minimum Gasteiger partial charge on any atom is -0.314 e. The second kappa shape index (κ2) is 7.29. The van der Waals surface area contributed by atoms with Gasteiger partial charge in [0.2, 0.25) is 0 Å². The van der Waals surface area contributed by atoms with Gasteiger partial charge >= 0.3 is 0 Å². The van der Waals surface area contributed by atoms with Crippen LogP contribution in [0.5, 0.6) is 0 Å². The lowest BCUT2D eigenvalue weighted by molar-refractivity contribution is 0.129. The molecule has 2 unspecified atom stereocenters. The molecule has 0 spiro atoms. The summed E-state index contributed by atoms with van der Waals surface area (Å²) in [6, 6.07) is 1.52. The molecule has 1 aliphatic heterocycles. The van der Waals surface area contributed by atoms with E-state index in [4.69, 9.17) is 0 Å². The van der Waals surface area contributed by atoms with Crippen LogP contribution in [0.15, 0.2) is 0 Å². The molecule has 2 atom stereocenters. The van der Waals surface area contributed by atoms with Crippen molar-refractivity contribution in [2.24, 2.45) is 5.92 Å². The van der Waals surface area contributed by atoms with Crippen LogP contribution in [0.3, 0.4) is 0 Å². The monoisotopic (exact) mass is 226 g/mol. The number of nitrogens with zero attached hydrogens (tertiary/aromatic N) is 1. The maximum absolute atomic E-state index is 3.55. The van der Waals surface area contributed by atoms with E-state index in [0.717, 1.165) is 12.0 Å². The molecule has 16 heavy (non-hydrogen) atoms. The summed E-state index contributed by atoms with van der Waals surface area (Å²) in [6.45, 7) is 13.0. The quantitative estimate of drug-likeness (QED) is 0.749. The predicted octanol–water partition coefficient (Wildman–Crippen LogP) is 2.89. The molecule has 1 saturated heterocycles. The van der Waals surface area contributed by atoms with E-state index in [2.05, 4.69) is 37.9 Å². The third-order valence-corrected chi connectivity index (χ3v) is 4.17. The summed E-state index contributed by atoms with van der Waals surface area (Å²) in [7, 11) is 0. The average molecular weight is 226 g/mol. The summed E-state index contributed by atoms with van der Waals surface area (Å²) in [5.41, 5.74) is 0. The second-order valence-corrected chi connectivity index (χ2v) is 5.30. The Morgan fingerprint density at radius 1 is 1.25 bits per heavy atom. The van der Waals surface area contributed by atoms with E-state index in [1.807, 2.05) is 0 Å². The highest BCUT2D eigenvalue weighted by Crippen LogP contribution is 2.19. The summed E-state index contributed by atoms with van der Waals surface area (Å²) in [5.74, 6) is 0.894. The Morgan fingerprint density at radius 2 is 1.94 bits per heavy atom. The number of hydrogen-bond acceptors (Lipinski definition) is 2. The molecule has 0 aromatic carbocycles. The van der Waals surface area contributed by atoms with Crippen LogP contribution in [-0.4, -0.2) is 36.6 Å². The van der Waals surface area contributed by atoms with Crippen molar-refractivity contribution < 1.29 is 0 Å². The first kappa shape index (κ1) is 14.0. The van der Waals surface area contributed by atoms with Gasteiger partial charge in [-0.25, -0.2) is 0 Å². The van der Waals surface area contributed by atoms with Gasteiger partial charge in [0.1, 0.15) is 0 Å². The molecule has 1 fully saturated rings. The van der Waals surface area contributed by atoms with E-state index in [1.54, 1.807) is 0 Å². The van der Waals surface area contributed by atoms with Crippen molar-refractivity contribution in [2.75, 3.05) is 19.6 Å². The first-order valence-electron chi connectivity index (χ1n) is 7.18. The van der Waals surface area contributed by atoms with Gasteiger partial charge in [-0.05, 0) is 38.8 Å². The predicted molar refractivity (Wildman–Crippen MR) is 71.8 cm³/mol. The van der Waals surface area contributed by atoms with Crippen LogP contribution in [0.2, 0.25) is 0 Å². The second-order valence-electron chi connectivity index (χ2n) is 5.30. The molecule has 0 aliphatic carbocycles. The fourth-order valence-electron chi connectivity index (χ4n) is 2.85. The molecule has 1 heterocycles. The van der Waals surface area contributed by atoms with E-state index >= 15 is 0 Å². The minimum absolute atomic E-state index is 0.703. The lowest BCUT2D eigenvalue weighted by Gasteiger charge is -2.38. The molecule has 0 amide bonds. The fraction of sp³-hybridized carbons (Fsp3) is 1.00. The zero-order valence-electron chi connectivity index (χ0n) is 11.6. The van der Waals surface area contributed by atoms with Crippen molar-refractivity contribution in [1.82, 2.24) is 10.2 Å². The first-order valence-corrected chi connectivity index (χ1v) is 7.18. The topological polar surface area (TPSA) is 15.3 Å². The van der Waals surface area contributed by atoms with Crippen molar-refractivity contribution in [3.05, 3.63) is 0 Å². The summed E-state index contributed by atoms with van der Waals surface area (Å²) >= 11 is 0. The zero-order valence-corrected chi connectivity index (χ0v) is 11.6. The van der Waals surface area contributed by atoms with E-state index in [1.165, 1.54) is 45.3 Å². The molecule has 0 aromatic heterocycles. The molecule has 1 aliphatic rings. The van der Waals surface area contributed by atoms with Gasteiger partial charge in [-0.15, -0.1) is 0 Å². The molecule has 0 saturated carbocycles. The van der Waals surface area contributed by atoms with Gasteiger partial charge in [0.25, 0.3) is 0 Å². The van der Waals surface area contributed by atoms with E-state index in [-0.39, 0.29) is 0 Å². The van der Waals surface area contributed by atoms with Crippen LogP contribution in [0.4, 0.5) is 0 Å². The van der Waals surface area contributed by atoms with E-state index < -0.39 is 0 Å². The maximum atomic E-state index is 3.55. The zero-order chi connectivity index (χ0) is 12.0. The maximum Gasteiger partial charge on any atom is 0.0122 e. The number of hydrogen-bond donors (Lipinski definition) is 1. The molecule has 0 aromatic rings. The van der Waals surface area contributed by atoms with E-state index in [9.17, 15) is 0 Å². The molecule has 2 heteroatoms. The number of piperidine rings is 1. The van der Waals surface area contributed by atoms with Gasteiger partial charge in [0.05, 0.1) is 0 Å². The summed E-state index contributed by atoms with van der Waals surface area (Å²) in [5, 5.41) is 3.55. The van der Waals surface area contributed by atoms with Crippen LogP contribution in [0.25, 0.3) is 0 Å². The molecule has 1 N–H and O–H groups in total. The van der Waals surface area contributed by atoms with Crippen LogP contribution < -0.4 is 5.32 Å². The Bertz CT molecular complexity index is 178. The lowest BCUT2D eigenvalue weighted by Crippen LogP contribution is -2.48. The van der Waals surface area contributed by atoms with E-state index in [0.29, 0.717) is 6.04 Å².